The maximum absolute atomic E-state index is 12.2. The van der Waals surface area contributed by atoms with E-state index in [-0.39, 0.29) is 30.4 Å². The molecule has 0 aliphatic rings. The van der Waals surface area contributed by atoms with E-state index in [0.29, 0.717) is 16.5 Å². The maximum atomic E-state index is 12.2. The number of nitrogens with zero attached hydrogens (tertiary/aromatic N) is 1. The molecule has 0 aliphatic heterocycles. The average Bonchev–Trinajstić information content (AvgIpc) is 2.39. The van der Waals surface area contributed by atoms with Gasteiger partial charge in [-0.25, -0.2) is 0 Å². The number of likely N-dealkylation sites (N-methyl/N-ethyl adjacent to an activating group) is 1. The zero-order chi connectivity index (χ0) is 18.5. The van der Waals surface area contributed by atoms with Crippen LogP contribution in [0, 0.1) is 6.92 Å². The second kappa shape index (κ2) is 8.35. The SMILES string of the molecule is COc1cc(Cl)c(C)cc1NC(=O)CN(C)CC(=O)NC(C)(C)C. The van der Waals surface area contributed by atoms with Crippen molar-refractivity contribution in [2.24, 2.45) is 0 Å². The van der Waals surface area contributed by atoms with Gasteiger partial charge in [-0.2, -0.15) is 0 Å². The van der Waals surface area contributed by atoms with Gasteiger partial charge in [-0.3, -0.25) is 14.5 Å². The number of amides is 2. The lowest BCUT2D eigenvalue weighted by molar-refractivity contribution is -0.124. The second-order valence-corrected chi connectivity index (χ2v) is 7.23. The third kappa shape index (κ3) is 6.76. The minimum Gasteiger partial charge on any atom is -0.495 e. The minimum absolute atomic E-state index is 0.0857. The van der Waals surface area contributed by atoms with Crippen molar-refractivity contribution in [1.82, 2.24) is 10.2 Å². The van der Waals surface area contributed by atoms with E-state index in [1.54, 1.807) is 24.1 Å². The zero-order valence-corrected chi connectivity index (χ0v) is 15.9. The predicted octanol–water partition coefficient (Wildman–Crippen LogP) is 2.44. The molecule has 6 nitrogen and oxygen atoms in total. The fourth-order valence-electron chi connectivity index (χ4n) is 2.12. The maximum Gasteiger partial charge on any atom is 0.238 e. The Morgan fingerprint density at radius 3 is 2.33 bits per heavy atom. The smallest absolute Gasteiger partial charge is 0.238 e. The number of hydrogen-bond donors (Lipinski definition) is 2. The molecule has 0 spiro atoms. The number of halogens is 1. The van der Waals surface area contributed by atoms with Crippen LogP contribution in [0.2, 0.25) is 5.02 Å². The van der Waals surface area contributed by atoms with Gasteiger partial charge in [0.05, 0.1) is 25.9 Å². The van der Waals surface area contributed by atoms with Crippen molar-refractivity contribution >= 4 is 29.1 Å². The second-order valence-electron chi connectivity index (χ2n) is 6.82. The van der Waals surface area contributed by atoms with Crippen molar-refractivity contribution < 1.29 is 14.3 Å². The van der Waals surface area contributed by atoms with E-state index in [1.807, 2.05) is 27.7 Å². The summed E-state index contributed by atoms with van der Waals surface area (Å²) < 4.78 is 5.23. The molecule has 2 amide bonds. The average molecular weight is 356 g/mol. The van der Waals surface area contributed by atoms with E-state index >= 15 is 0 Å². The van der Waals surface area contributed by atoms with E-state index in [2.05, 4.69) is 10.6 Å². The van der Waals surface area contributed by atoms with Gasteiger partial charge in [-0.15, -0.1) is 0 Å². The largest absolute Gasteiger partial charge is 0.495 e. The van der Waals surface area contributed by atoms with Gasteiger partial charge in [0, 0.05) is 16.6 Å². The van der Waals surface area contributed by atoms with Crippen LogP contribution >= 0.6 is 11.6 Å². The monoisotopic (exact) mass is 355 g/mol. The molecule has 2 N–H and O–H groups in total. The molecule has 1 rings (SSSR count). The Bertz CT molecular complexity index is 612. The minimum atomic E-state index is -0.297. The molecule has 0 saturated heterocycles. The summed E-state index contributed by atoms with van der Waals surface area (Å²) in [4.78, 5) is 25.7. The number of ether oxygens (including phenoxy) is 1. The first-order chi connectivity index (χ1) is 11.0. The fourth-order valence-corrected chi connectivity index (χ4v) is 2.28. The van der Waals surface area contributed by atoms with E-state index in [1.165, 1.54) is 7.11 Å². The normalized spacial score (nSPS) is 11.3. The Balaban J connectivity index is 2.63. The summed E-state index contributed by atoms with van der Waals surface area (Å²) in [6, 6.07) is 3.42. The Morgan fingerprint density at radius 1 is 1.21 bits per heavy atom. The van der Waals surface area contributed by atoms with Gasteiger partial charge in [-0.1, -0.05) is 11.6 Å². The molecule has 0 atom stereocenters. The van der Waals surface area contributed by atoms with Crippen molar-refractivity contribution in [3.63, 3.8) is 0 Å². The molecule has 0 aromatic heterocycles. The van der Waals surface area contributed by atoms with Gasteiger partial charge in [0.1, 0.15) is 5.75 Å². The summed E-state index contributed by atoms with van der Waals surface area (Å²) in [6.45, 7) is 7.80. The topological polar surface area (TPSA) is 70.7 Å². The molecular formula is C17H26ClN3O3. The lowest BCUT2D eigenvalue weighted by atomic mass is 10.1. The lowest BCUT2D eigenvalue weighted by Gasteiger charge is -2.23. The highest BCUT2D eigenvalue weighted by atomic mass is 35.5. The quantitative estimate of drug-likeness (QED) is 0.822. The van der Waals surface area contributed by atoms with Gasteiger partial charge < -0.3 is 15.4 Å². The standard InChI is InChI=1S/C17H26ClN3O3/c1-11-7-13(14(24-6)8-12(11)18)19-15(22)9-21(5)10-16(23)20-17(2,3)4/h7-8H,9-10H2,1-6H3,(H,19,22)(H,20,23). The van der Waals surface area contributed by atoms with Crippen molar-refractivity contribution in [3.05, 3.63) is 22.7 Å². The van der Waals surface area contributed by atoms with Crippen LogP contribution in [0.4, 0.5) is 5.69 Å². The summed E-state index contributed by atoms with van der Waals surface area (Å²) >= 11 is 6.05. The van der Waals surface area contributed by atoms with Crippen LogP contribution in [0.15, 0.2) is 12.1 Å². The molecule has 0 fully saturated rings. The number of methoxy groups -OCH3 is 1. The van der Waals surface area contributed by atoms with Gasteiger partial charge in [0.2, 0.25) is 11.8 Å². The van der Waals surface area contributed by atoms with Crippen molar-refractivity contribution in [1.29, 1.82) is 0 Å². The Hall–Kier alpha value is -1.79. The summed E-state index contributed by atoms with van der Waals surface area (Å²) in [6.07, 6.45) is 0. The summed E-state index contributed by atoms with van der Waals surface area (Å²) in [5.41, 5.74) is 1.09. The number of aryl methyl sites for hydroxylation is 1. The molecular weight excluding hydrogens is 330 g/mol. The predicted molar refractivity (Wildman–Crippen MR) is 96.8 cm³/mol. The highest BCUT2D eigenvalue weighted by molar-refractivity contribution is 6.31. The number of rotatable bonds is 6. The molecule has 1 aromatic carbocycles. The molecule has 134 valence electrons. The van der Waals surface area contributed by atoms with Crippen molar-refractivity contribution in [2.75, 3.05) is 32.6 Å². The molecule has 0 unspecified atom stereocenters. The number of hydrogen-bond acceptors (Lipinski definition) is 4. The first-order valence-electron chi connectivity index (χ1n) is 7.65. The molecule has 24 heavy (non-hydrogen) atoms. The van der Waals surface area contributed by atoms with Crippen LogP contribution in [-0.2, 0) is 9.59 Å². The Kier molecular flexibility index (Phi) is 7.05. The van der Waals surface area contributed by atoms with Crippen molar-refractivity contribution in [3.8, 4) is 5.75 Å². The van der Waals surface area contributed by atoms with Gasteiger partial charge >= 0.3 is 0 Å². The van der Waals surface area contributed by atoms with Gasteiger partial charge in [0.25, 0.3) is 0 Å². The number of carbonyl (C=O) groups is 2. The van der Waals surface area contributed by atoms with Crippen LogP contribution < -0.4 is 15.4 Å². The molecule has 0 heterocycles. The van der Waals surface area contributed by atoms with E-state index in [9.17, 15) is 9.59 Å². The molecule has 0 bridgehead atoms. The highest BCUT2D eigenvalue weighted by Gasteiger charge is 2.17. The molecule has 0 radical (unpaired) electrons. The van der Waals surface area contributed by atoms with Crippen molar-refractivity contribution in [2.45, 2.75) is 33.2 Å². The third-order valence-corrected chi connectivity index (χ3v) is 3.50. The van der Waals surface area contributed by atoms with Crippen LogP contribution in [0.25, 0.3) is 0 Å². The van der Waals surface area contributed by atoms with Crippen LogP contribution in [0.1, 0.15) is 26.3 Å². The van der Waals surface area contributed by atoms with Gasteiger partial charge in [-0.05, 0) is 46.4 Å². The summed E-state index contributed by atoms with van der Waals surface area (Å²) in [7, 11) is 3.23. The number of nitrogens with one attached hydrogen (secondary N) is 2. The molecule has 0 saturated carbocycles. The number of anilines is 1. The van der Waals surface area contributed by atoms with E-state index in [0.717, 1.165) is 5.56 Å². The first-order valence-corrected chi connectivity index (χ1v) is 8.03. The number of carbonyl (C=O) groups excluding carboxylic acids is 2. The van der Waals surface area contributed by atoms with Gasteiger partial charge in [0.15, 0.2) is 0 Å². The fraction of sp³-hybridized carbons (Fsp3) is 0.529. The summed E-state index contributed by atoms with van der Waals surface area (Å²) in [5, 5.41) is 6.21. The van der Waals surface area contributed by atoms with Crippen LogP contribution in [-0.4, -0.2) is 49.5 Å². The highest BCUT2D eigenvalue weighted by Crippen LogP contribution is 2.30. The Labute approximate surface area is 148 Å². The Morgan fingerprint density at radius 2 is 1.79 bits per heavy atom. The zero-order valence-electron chi connectivity index (χ0n) is 15.1. The first kappa shape index (κ1) is 20.3. The molecule has 7 heteroatoms. The third-order valence-electron chi connectivity index (χ3n) is 3.10. The van der Waals surface area contributed by atoms with E-state index < -0.39 is 0 Å². The molecule has 0 aliphatic carbocycles. The van der Waals surface area contributed by atoms with Crippen LogP contribution in [0.3, 0.4) is 0 Å². The summed E-state index contributed by atoms with van der Waals surface area (Å²) in [5.74, 6) is 0.130. The van der Waals surface area contributed by atoms with E-state index in [4.69, 9.17) is 16.3 Å². The lowest BCUT2D eigenvalue weighted by Crippen LogP contribution is -2.46. The number of benzene rings is 1. The molecule has 1 aromatic rings. The van der Waals surface area contributed by atoms with Crippen LogP contribution in [0.5, 0.6) is 5.75 Å².